The quantitative estimate of drug-likeness (QED) is 0.130. The van der Waals surface area contributed by atoms with E-state index >= 15 is 0 Å². The van der Waals surface area contributed by atoms with Crippen molar-refractivity contribution in [2.45, 2.75) is 158 Å². The van der Waals surface area contributed by atoms with Gasteiger partial charge in [-0.15, -0.1) is 0 Å². The van der Waals surface area contributed by atoms with Gasteiger partial charge in [0.1, 0.15) is 5.40 Å². The van der Waals surface area contributed by atoms with Crippen molar-refractivity contribution in [2.24, 2.45) is 28.4 Å². The molecule has 2 aromatic carbocycles. The van der Waals surface area contributed by atoms with Crippen LogP contribution in [0.5, 0.6) is 0 Å². The summed E-state index contributed by atoms with van der Waals surface area (Å²) < 4.78 is 31.9. The van der Waals surface area contributed by atoms with E-state index in [9.17, 15) is 25.4 Å². The molecule has 10 rings (SSSR count). The summed E-state index contributed by atoms with van der Waals surface area (Å²) in [5.41, 5.74) is 8.68. The van der Waals surface area contributed by atoms with Gasteiger partial charge < -0.3 is 39.5 Å². The lowest BCUT2D eigenvalue weighted by atomic mass is 9.58. The topological polar surface area (TPSA) is 202 Å². The third-order valence-electron chi connectivity index (χ3n) is 17.1. The lowest BCUT2D eigenvalue weighted by Gasteiger charge is -2.49. The number of benzene rings is 2. The van der Waals surface area contributed by atoms with Gasteiger partial charge in [0, 0.05) is 58.0 Å². The largest absolute Gasteiger partial charge is 0.465 e. The molecule has 0 radical (unpaired) electrons. The fourth-order valence-electron chi connectivity index (χ4n) is 13.5. The third kappa shape index (κ3) is 10.7. The van der Waals surface area contributed by atoms with Crippen molar-refractivity contribution in [3.05, 3.63) is 69.8 Å². The maximum atomic E-state index is 14.3. The van der Waals surface area contributed by atoms with Gasteiger partial charge in [-0.3, -0.25) is 14.5 Å². The SMILES string of the molecule is C1CCOC1.CCOC(=O)[C@]1(SC#N)c2cc(C#N)ccc2C[C@@]12CC[C@H](OC)[C@@H](CC)C2.CC[C@H]1C[C@@]2(CC[C@@H]1OC)Cc1ccc(C#N)cc1[C@]21NC(=S)N(CC2CCCO2)C1=O.NC[C@H]1CCCO1. The first kappa shape index (κ1) is 55.6. The van der Waals surface area contributed by atoms with Gasteiger partial charge in [0.2, 0.25) is 0 Å². The van der Waals surface area contributed by atoms with E-state index in [2.05, 4.69) is 36.7 Å². The van der Waals surface area contributed by atoms with Crippen LogP contribution >= 0.6 is 24.0 Å². The summed E-state index contributed by atoms with van der Waals surface area (Å²) >= 11 is 6.76. The van der Waals surface area contributed by atoms with Gasteiger partial charge in [0.05, 0.1) is 60.8 Å². The van der Waals surface area contributed by atoms with Crippen LogP contribution in [0.3, 0.4) is 0 Å². The van der Waals surface area contributed by atoms with Crippen molar-refractivity contribution in [3.8, 4) is 17.5 Å². The number of hydrogen-bond acceptors (Lipinski definition) is 14. The molecule has 0 bridgehead atoms. The van der Waals surface area contributed by atoms with Crippen LogP contribution in [0.1, 0.15) is 144 Å². The van der Waals surface area contributed by atoms with E-state index in [1.54, 1.807) is 38.2 Å². The van der Waals surface area contributed by atoms with Crippen molar-refractivity contribution < 1.29 is 38.0 Å². The second-order valence-corrected chi connectivity index (χ2v) is 22.2. The van der Waals surface area contributed by atoms with Crippen molar-refractivity contribution in [2.75, 3.05) is 60.3 Å². The normalized spacial score (nSPS) is 32.8. The number of methoxy groups -OCH3 is 2. The van der Waals surface area contributed by atoms with Crippen LogP contribution in [0, 0.1) is 56.0 Å². The Morgan fingerprint density at radius 1 is 0.806 bits per heavy atom. The lowest BCUT2D eigenvalue weighted by Crippen LogP contribution is -2.58. The van der Waals surface area contributed by atoms with Crippen molar-refractivity contribution in [3.63, 3.8) is 0 Å². The molecule has 4 aliphatic carbocycles. The highest BCUT2D eigenvalue weighted by Gasteiger charge is 2.69. The number of nitriles is 3. The molecule has 8 aliphatic rings. The number of thioether (sulfide) groups is 1. The van der Waals surface area contributed by atoms with Gasteiger partial charge in [-0.1, -0.05) is 38.8 Å². The molecular weight excluding hydrogens is 949 g/mol. The molecular formula is C56H76N6O8S2. The number of nitrogens with one attached hydrogen (secondary N) is 1. The Morgan fingerprint density at radius 3 is 1.85 bits per heavy atom. The number of thiocyanates is 1. The second-order valence-electron chi connectivity index (χ2n) is 20.8. The number of ether oxygens (including phenoxy) is 6. The predicted molar refractivity (Wildman–Crippen MR) is 279 cm³/mol. The van der Waals surface area contributed by atoms with Crippen LogP contribution in [0.2, 0.25) is 0 Å². The molecule has 3 N–H and O–H groups in total. The highest BCUT2D eigenvalue weighted by molar-refractivity contribution is 8.05. The fraction of sp³-hybridized carbons (Fsp3) is 0.679. The first-order valence-corrected chi connectivity index (χ1v) is 27.7. The zero-order valence-electron chi connectivity index (χ0n) is 43.1. The number of amides is 1. The minimum absolute atomic E-state index is 0.0255. The summed E-state index contributed by atoms with van der Waals surface area (Å²) in [6.45, 7) is 11.2. The van der Waals surface area contributed by atoms with E-state index in [-0.39, 0.29) is 42.2 Å². The molecule has 3 spiro atoms. The summed E-state index contributed by atoms with van der Waals surface area (Å²) in [4.78, 5) is 29.5. The monoisotopic (exact) mass is 1020 g/mol. The van der Waals surface area contributed by atoms with Crippen LogP contribution < -0.4 is 11.1 Å². The van der Waals surface area contributed by atoms with E-state index in [0.717, 1.165) is 137 Å². The summed E-state index contributed by atoms with van der Waals surface area (Å²) in [6, 6.07) is 15.8. The summed E-state index contributed by atoms with van der Waals surface area (Å²) in [5.74, 6) is 0.362. The molecule has 1 amide bonds. The Bertz CT molecular complexity index is 2350. The molecule has 14 nitrogen and oxygen atoms in total. The van der Waals surface area contributed by atoms with E-state index < -0.39 is 15.7 Å². The Labute approximate surface area is 437 Å². The first-order chi connectivity index (χ1) is 34.9. The Hall–Kier alpha value is -4.15. The second kappa shape index (κ2) is 24.9. The van der Waals surface area contributed by atoms with Crippen LogP contribution in [-0.4, -0.2) is 107 Å². The van der Waals surface area contributed by atoms with Gasteiger partial charge in [0.25, 0.3) is 5.91 Å². The first-order valence-electron chi connectivity index (χ1n) is 26.4. The molecule has 6 fully saturated rings. The Balaban J connectivity index is 0.000000172. The molecule has 4 aliphatic heterocycles. The van der Waals surface area contributed by atoms with Gasteiger partial charge >= 0.3 is 5.97 Å². The number of carbonyl (C=O) groups excluding carboxylic acids is 2. The van der Waals surface area contributed by atoms with Gasteiger partial charge in [-0.05, 0) is 179 Å². The van der Waals surface area contributed by atoms with E-state index in [1.807, 2.05) is 24.3 Å². The van der Waals surface area contributed by atoms with Crippen molar-refractivity contribution in [1.82, 2.24) is 10.2 Å². The molecule has 2 saturated carbocycles. The number of fused-ring (bicyclic) bond motifs is 4. The smallest absolute Gasteiger partial charge is 0.328 e. The van der Waals surface area contributed by atoms with Crippen LogP contribution in [0.4, 0.5) is 0 Å². The number of thiocarbonyl (C=S) groups is 1. The Kier molecular flexibility index (Phi) is 19.2. The summed E-state index contributed by atoms with van der Waals surface area (Å²) in [6.07, 6.45) is 16.3. The predicted octanol–water partition coefficient (Wildman–Crippen LogP) is 8.64. The number of nitrogens with zero attached hydrogens (tertiary/aromatic N) is 4. The van der Waals surface area contributed by atoms with Crippen LogP contribution in [-0.2, 0) is 61.1 Å². The lowest BCUT2D eigenvalue weighted by molar-refractivity contribution is -0.153. The molecule has 1 unspecified atom stereocenters. The summed E-state index contributed by atoms with van der Waals surface area (Å²) in [7, 11) is 3.54. The Morgan fingerprint density at radius 2 is 1.36 bits per heavy atom. The third-order valence-corrected chi connectivity index (χ3v) is 18.6. The highest BCUT2D eigenvalue weighted by Crippen LogP contribution is 2.66. The van der Waals surface area contributed by atoms with Crippen molar-refractivity contribution >= 4 is 41.0 Å². The molecule has 2 aromatic rings. The summed E-state index contributed by atoms with van der Waals surface area (Å²) in [5, 5.41) is 34.9. The van der Waals surface area contributed by atoms with Gasteiger partial charge in [-0.2, -0.15) is 15.8 Å². The molecule has 4 saturated heterocycles. The zero-order chi connectivity index (χ0) is 51.5. The molecule has 10 atom stereocenters. The van der Waals surface area contributed by atoms with Crippen LogP contribution in [0.15, 0.2) is 36.4 Å². The van der Waals surface area contributed by atoms with E-state index in [1.165, 1.54) is 19.3 Å². The van der Waals surface area contributed by atoms with Gasteiger partial charge in [0.15, 0.2) is 15.4 Å². The minimum atomic E-state index is -1.11. The maximum absolute atomic E-state index is 14.3. The molecule has 16 heteroatoms. The number of nitrogens with two attached hydrogens (primary N) is 1. The fourth-order valence-corrected chi connectivity index (χ4v) is 14.8. The van der Waals surface area contributed by atoms with E-state index in [0.29, 0.717) is 53.7 Å². The number of carbonyl (C=O) groups is 2. The van der Waals surface area contributed by atoms with E-state index in [4.69, 9.17) is 46.4 Å². The molecule has 72 heavy (non-hydrogen) atoms. The molecule has 0 aromatic heterocycles. The van der Waals surface area contributed by atoms with Gasteiger partial charge in [-0.25, -0.2) is 0 Å². The zero-order valence-corrected chi connectivity index (χ0v) is 44.8. The molecule has 390 valence electrons. The highest BCUT2D eigenvalue weighted by atomic mass is 32.2. The van der Waals surface area contributed by atoms with Crippen molar-refractivity contribution in [1.29, 1.82) is 15.8 Å². The number of rotatable bonds is 10. The van der Waals surface area contributed by atoms with Crippen LogP contribution in [0.25, 0.3) is 0 Å². The standard InChI is InChI=1S/C25H31N3O3S.C22H26N2O3S.C5H11NO.C4H8O/c1-3-17-12-24(9-8-21(17)30-2)13-18-7-6-16(14-26)11-20(18)25(24)22(29)28(23(32)27-25)15-19-5-4-10-31-19;1-4-16-11-21(9-8-19(16)26-3)12-17-7-6-15(13-23)10-18(17)22(21,28-14-24)20(25)27-5-2;6-4-5-2-1-3-7-5;1-2-4-5-3-1/h6-7,11,17,19,21H,3-5,8-10,12-13,15H2,1-2H3,(H,27,32);6-7,10,16,19H,4-5,8-9,11-12H2,1-3H3;5H,1-4,6H2;1-4H2/t17-,19?,21-,24-,25+;16-,19-,21-,22+;5-;/m001./s1. The number of esters is 1. The maximum Gasteiger partial charge on any atom is 0.328 e. The minimum Gasteiger partial charge on any atom is -0.465 e. The molecule has 4 heterocycles. The average Bonchev–Trinajstić information content (AvgIpc) is 4.30. The number of hydrogen-bond donors (Lipinski definition) is 2. The average molecular weight is 1030 g/mol.